The number of non-ortho nitro benzene ring substituents is 1. The van der Waals surface area contributed by atoms with Gasteiger partial charge in [-0.2, -0.15) is 4.37 Å². The summed E-state index contributed by atoms with van der Waals surface area (Å²) in [5, 5.41) is 12.4. The fraction of sp³-hybridized carbons (Fsp3) is 0. The second-order valence-electron chi connectivity index (χ2n) is 2.96. The van der Waals surface area contributed by atoms with Crippen LogP contribution in [0.5, 0.6) is 0 Å². The summed E-state index contributed by atoms with van der Waals surface area (Å²) in [5.74, 6) is 0. The van der Waals surface area contributed by atoms with Crippen molar-refractivity contribution in [3.05, 3.63) is 39.8 Å². The molecule has 0 saturated heterocycles. The average molecular weight is 221 g/mol. The molecule has 0 aliphatic rings. The Morgan fingerprint density at radius 1 is 1.40 bits per heavy atom. The van der Waals surface area contributed by atoms with E-state index in [0.717, 1.165) is 0 Å². The van der Waals surface area contributed by atoms with E-state index in [0.29, 0.717) is 16.9 Å². The molecule has 1 aromatic heterocycles. The third-order valence-corrected chi connectivity index (χ3v) is 2.44. The Kier molecular flexibility index (Phi) is 2.34. The van der Waals surface area contributed by atoms with Gasteiger partial charge in [0.15, 0.2) is 0 Å². The molecule has 6 heteroatoms. The molecule has 0 fully saturated rings. The van der Waals surface area contributed by atoms with Crippen molar-refractivity contribution in [1.82, 2.24) is 4.37 Å². The molecule has 1 heterocycles. The molecule has 0 saturated carbocycles. The Hall–Kier alpha value is -1.95. The van der Waals surface area contributed by atoms with Crippen LogP contribution < -0.4 is 5.73 Å². The molecule has 0 unspecified atom stereocenters. The van der Waals surface area contributed by atoms with Crippen molar-refractivity contribution in [3.63, 3.8) is 0 Å². The molecule has 2 rings (SSSR count). The first-order valence-corrected chi connectivity index (χ1v) is 4.96. The number of hydrogen-bond acceptors (Lipinski definition) is 5. The maximum absolute atomic E-state index is 10.6. The molecular weight excluding hydrogens is 214 g/mol. The number of nitro benzene ring substituents is 1. The van der Waals surface area contributed by atoms with Crippen LogP contribution in [0.4, 0.5) is 11.4 Å². The highest BCUT2D eigenvalue weighted by Crippen LogP contribution is 2.26. The van der Waals surface area contributed by atoms with Crippen molar-refractivity contribution in [2.45, 2.75) is 0 Å². The minimum Gasteiger partial charge on any atom is -0.399 e. The van der Waals surface area contributed by atoms with Gasteiger partial charge in [-0.15, -0.1) is 0 Å². The molecular formula is C9H7N3O2S. The second kappa shape index (κ2) is 3.66. The number of rotatable bonds is 2. The van der Waals surface area contributed by atoms with Gasteiger partial charge in [-0.1, -0.05) is 0 Å². The zero-order valence-corrected chi connectivity index (χ0v) is 8.40. The summed E-state index contributed by atoms with van der Waals surface area (Å²) in [6.07, 6.45) is 0. The van der Waals surface area contributed by atoms with Crippen molar-refractivity contribution in [2.24, 2.45) is 0 Å². The van der Waals surface area contributed by atoms with E-state index in [2.05, 4.69) is 4.37 Å². The minimum atomic E-state index is -0.466. The lowest BCUT2D eigenvalue weighted by molar-refractivity contribution is -0.384. The molecule has 0 spiro atoms. The summed E-state index contributed by atoms with van der Waals surface area (Å²) in [5.41, 5.74) is 7.30. The summed E-state index contributed by atoms with van der Waals surface area (Å²) >= 11 is 1.29. The highest BCUT2D eigenvalue weighted by molar-refractivity contribution is 7.03. The third-order valence-electron chi connectivity index (χ3n) is 1.88. The van der Waals surface area contributed by atoms with Gasteiger partial charge in [-0.25, -0.2) is 0 Å². The standard InChI is InChI=1S/C9H7N3O2S/c10-7-3-6(9-1-2-15-11-9)4-8(5-7)12(13)14/h1-5H,10H2. The quantitative estimate of drug-likeness (QED) is 0.479. The molecule has 2 aromatic rings. The van der Waals surface area contributed by atoms with Crippen LogP contribution in [0.15, 0.2) is 29.6 Å². The predicted octanol–water partition coefficient (Wildman–Crippen LogP) is 2.30. The molecule has 15 heavy (non-hydrogen) atoms. The van der Waals surface area contributed by atoms with E-state index < -0.39 is 4.92 Å². The predicted molar refractivity (Wildman–Crippen MR) is 58.6 cm³/mol. The van der Waals surface area contributed by atoms with Crippen molar-refractivity contribution in [3.8, 4) is 11.3 Å². The number of nitrogens with zero attached hydrogens (tertiary/aromatic N) is 2. The van der Waals surface area contributed by atoms with Gasteiger partial charge >= 0.3 is 0 Å². The van der Waals surface area contributed by atoms with Crippen molar-refractivity contribution in [1.29, 1.82) is 0 Å². The van der Waals surface area contributed by atoms with Gasteiger partial charge in [-0.3, -0.25) is 10.1 Å². The number of nitrogens with two attached hydrogens (primary N) is 1. The summed E-state index contributed by atoms with van der Waals surface area (Å²) < 4.78 is 4.09. The minimum absolute atomic E-state index is 0.0157. The Labute approximate surface area is 89.5 Å². The fourth-order valence-electron chi connectivity index (χ4n) is 1.25. The fourth-order valence-corrected chi connectivity index (χ4v) is 1.78. The third kappa shape index (κ3) is 1.94. The monoisotopic (exact) mass is 221 g/mol. The first-order chi connectivity index (χ1) is 7.16. The van der Waals surface area contributed by atoms with Crippen LogP contribution in [0.3, 0.4) is 0 Å². The lowest BCUT2D eigenvalue weighted by atomic mass is 10.1. The molecule has 0 atom stereocenters. The van der Waals surface area contributed by atoms with Crippen LogP contribution in [-0.4, -0.2) is 9.30 Å². The van der Waals surface area contributed by atoms with Crippen LogP contribution in [0.25, 0.3) is 11.3 Å². The summed E-state index contributed by atoms with van der Waals surface area (Å²) in [7, 11) is 0. The largest absolute Gasteiger partial charge is 0.399 e. The number of nitro groups is 1. The number of benzene rings is 1. The van der Waals surface area contributed by atoms with Gasteiger partial charge in [0.25, 0.3) is 5.69 Å². The highest BCUT2D eigenvalue weighted by Gasteiger charge is 2.10. The Bertz CT molecular complexity index is 496. The molecule has 0 bridgehead atoms. The number of anilines is 1. The Morgan fingerprint density at radius 2 is 2.20 bits per heavy atom. The summed E-state index contributed by atoms with van der Waals surface area (Å²) in [4.78, 5) is 10.1. The summed E-state index contributed by atoms with van der Waals surface area (Å²) in [6.45, 7) is 0. The van der Waals surface area contributed by atoms with Crippen molar-refractivity contribution < 1.29 is 4.92 Å². The molecule has 76 valence electrons. The molecule has 0 aliphatic carbocycles. The van der Waals surface area contributed by atoms with E-state index in [1.54, 1.807) is 12.1 Å². The van der Waals surface area contributed by atoms with Gasteiger partial charge in [0, 0.05) is 28.8 Å². The maximum Gasteiger partial charge on any atom is 0.272 e. The van der Waals surface area contributed by atoms with Gasteiger partial charge in [0.1, 0.15) is 0 Å². The number of nitrogen functional groups attached to an aromatic ring is 1. The van der Waals surface area contributed by atoms with E-state index >= 15 is 0 Å². The van der Waals surface area contributed by atoms with E-state index in [9.17, 15) is 10.1 Å². The molecule has 5 nitrogen and oxygen atoms in total. The number of hydrogen-bond donors (Lipinski definition) is 1. The Balaban J connectivity index is 2.54. The molecule has 2 N–H and O–H groups in total. The van der Waals surface area contributed by atoms with E-state index in [4.69, 9.17) is 5.73 Å². The zero-order chi connectivity index (χ0) is 10.8. The Morgan fingerprint density at radius 3 is 2.80 bits per heavy atom. The molecule has 0 aliphatic heterocycles. The highest BCUT2D eigenvalue weighted by atomic mass is 32.1. The van der Waals surface area contributed by atoms with E-state index in [1.165, 1.54) is 23.7 Å². The van der Waals surface area contributed by atoms with E-state index in [-0.39, 0.29) is 5.69 Å². The molecule has 0 radical (unpaired) electrons. The topological polar surface area (TPSA) is 82.0 Å². The SMILES string of the molecule is Nc1cc(-c2ccsn2)cc([N+](=O)[O-])c1. The second-order valence-corrected chi connectivity index (χ2v) is 3.62. The normalized spacial score (nSPS) is 10.1. The van der Waals surface area contributed by atoms with Crippen LogP contribution in [-0.2, 0) is 0 Å². The van der Waals surface area contributed by atoms with Gasteiger partial charge in [-0.05, 0) is 23.7 Å². The molecule has 0 amide bonds. The molecule has 1 aromatic carbocycles. The van der Waals surface area contributed by atoms with Crippen LogP contribution in [0.1, 0.15) is 0 Å². The van der Waals surface area contributed by atoms with Gasteiger partial charge < -0.3 is 5.73 Å². The van der Waals surface area contributed by atoms with Crippen LogP contribution >= 0.6 is 11.5 Å². The maximum atomic E-state index is 10.6. The first-order valence-electron chi connectivity index (χ1n) is 4.12. The zero-order valence-electron chi connectivity index (χ0n) is 7.58. The smallest absolute Gasteiger partial charge is 0.272 e. The average Bonchev–Trinajstić information content (AvgIpc) is 2.69. The van der Waals surface area contributed by atoms with Gasteiger partial charge in [0.05, 0.1) is 10.6 Å². The summed E-state index contributed by atoms with van der Waals surface area (Å²) in [6, 6.07) is 6.26. The van der Waals surface area contributed by atoms with Gasteiger partial charge in [0.2, 0.25) is 0 Å². The number of aromatic nitrogens is 1. The van der Waals surface area contributed by atoms with E-state index in [1.807, 2.05) is 5.38 Å². The van der Waals surface area contributed by atoms with Crippen LogP contribution in [0.2, 0.25) is 0 Å². The van der Waals surface area contributed by atoms with Crippen molar-refractivity contribution in [2.75, 3.05) is 5.73 Å². The lowest BCUT2D eigenvalue weighted by Crippen LogP contribution is -1.92. The van der Waals surface area contributed by atoms with Crippen molar-refractivity contribution >= 4 is 22.9 Å². The lowest BCUT2D eigenvalue weighted by Gasteiger charge is -1.99. The first kappa shape index (κ1) is 9.60. The van der Waals surface area contributed by atoms with Crippen LogP contribution in [0, 0.1) is 10.1 Å².